The number of nitrogens with one attached hydrogen (secondary N) is 4. The Morgan fingerprint density at radius 3 is 1.75 bits per heavy atom. The van der Waals surface area contributed by atoms with Gasteiger partial charge < -0.3 is 47.5 Å². The average molecular weight is 814 g/mol. The molecule has 3 aromatic carbocycles. The molecule has 5 amide bonds. The molecule has 318 valence electrons. The van der Waals surface area contributed by atoms with Crippen LogP contribution in [0.5, 0.6) is 0 Å². The van der Waals surface area contributed by atoms with E-state index in [1.807, 2.05) is 105 Å². The zero-order chi connectivity index (χ0) is 42.8. The molecular formula is C44H59N7O8. The summed E-state index contributed by atoms with van der Waals surface area (Å²) in [5.41, 5.74) is 12.7. The number of carbonyl (C=O) groups excluding carboxylic acids is 5. The van der Waals surface area contributed by atoms with Crippen LogP contribution in [0.3, 0.4) is 0 Å². The maximum Gasteiger partial charge on any atom is 0.410 e. The van der Waals surface area contributed by atoms with Crippen molar-refractivity contribution in [1.29, 1.82) is 0 Å². The molecule has 15 nitrogen and oxygen atoms in total. The molecule has 0 aromatic heterocycles. The number of rotatable bonds is 21. The Labute approximate surface area is 346 Å². The van der Waals surface area contributed by atoms with E-state index in [1.165, 1.54) is 4.90 Å². The second kappa shape index (κ2) is 23.0. The van der Waals surface area contributed by atoms with E-state index in [-0.39, 0.29) is 64.1 Å². The van der Waals surface area contributed by atoms with E-state index in [2.05, 4.69) is 21.3 Å². The Morgan fingerprint density at radius 1 is 0.695 bits per heavy atom. The van der Waals surface area contributed by atoms with Crippen LogP contribution in [0.1, 0.15) is 69.1 Å². The Hall–Kier alpha value is -5.80. The number of carbonyl (C=O) groups is 6. The standard InChI is InChI=1S/C44H59N7O8/c1-30(2)26-36(49-40(54)37(28-32-16-8-4-9-17-32)48-38(52)34(46)27-31-14-6-3-7-15-31)39(53)47-35(20-12-13-23-45)41(55)50-44(42(56)57)21-24-51(25-22-44)43(58)59-29-33-18-10-5-11-19-33/h3-11,14-19,30,34-37H,12-13,20-29,45-46H2,1-2H3,(H,47,53)(H,48,52)(H,49,54)(H,50,55)(H,56,57)/t34-,35-,36-,37-/m1/s1. The highest BCUT2D eigenvalue weighted by Crippen LogP contribution is 2.24. The number of amides is 5. The molecule has 0 bridgehead atoms. The van der Waals surface area contributed by atoms with E-state index in [4.69, 9.17) is 16.2 Å². The highest BCUT2D eigenvalue weighted by Gasteiger charge is 2.45. The maximum absolute atomic E-state index is 14.1. The molecular weight excluding hydrogens is 755 g/mol. The summed E-state index contributed by atoms with van der Waals surface area (Å²) in [4.78, 5) is 82.3. The maximum atomic E-state index is 14.1. The van der Waals surface area contributed by atoms with Gasteiger partial charge in [-0.1, -0.05) is 105 Å². The van der Waals surface area contributed by atoms with Gasteiger partial charge in [0.25, 0.3) is 0 Å². The molecule has 1 saturated heterocycles. The van der Waals surface area contributed by atoms with Crippen LogP contribution in [0, 0.1) is 5.92 Å². The lowest BCUT2D eigenvalue weighted by atomic mass is 9.87. The van der Waals surface area contributed by atoms with Gasteiger partial charge in [0.05, 0.1) is 6.04 Å². The minimum atomic E-state index is -1.71. The van der Waals surface area contributed by atoms with Crippen molar-refractivity contribution < 1.29 is 38.6 Å². The van der Waals surface area contributed by atoms with Gasteiger partial charge in [-0.2, -0.15) is 0 Å². The second-order valence-corrected chi connectivity index (χ2v) is 15.5. The van der Waals surface area contributed by atoms with Crippen LogP contribution in [0.15, 0.2) is 91.0 Å². The minimum Gasteiger partial charge on any atom is -0.480 e. The monoisotopic (exact) mass is 813 g/mol. The van der Waals surface area contributed by atoms with Crippen LogP contribution in [0.2, 0.25) is 0 Å². The number of nitrogens with zero attached hydrogens (tertiary/aromatic N) is 1. The summed E-state index contributed by atoms with van der Waals surface area (Å²) in [6, 6.07) is 23.2. The van der Waals surface area contributed by atoms with Gasteiger partial charge in [-0.05, 0) is 74.1 Å². The Balaban J connectivity index is 1.46. The van der Waals surface area contributed by atoms with Gasteiger partial charge in [0.1, 0.15) is 30.3 Å². The van der Waals surface area contributed by atoms with Crippen molar-refractivity contribution in [2.45, 2.75) is 102 Å². The van der Waals surface area contributed by atoms with E-state index < -0.39 is 65.4 Å². The first kappa shape index (κ1) is 45.9. The Kier molecular flexibility index (Phi) is 17.9. The van der Waals surface area contributed by atoms with Gasteiger partial charge in [0.2, 0.25) is 23.6 Å². The van der Waals surface area contributed by atoms with E-state index >= 15 is 0 Å². The summed E-state index contributed by atoms with van der Waals surface area (Å²) >= 11 is 0. The number of aliphatic carboxylic acids is 1. The molecule has 0 spiro atoms. The van der Waals surface area contributed by atoms with E-state index in [9.17, 15) is 33.9 Å². The SMILES string of the molecule is CC(C)C[C@@H](NC(=O)[C@@H](Cc1ccccc1)NC(=O)[C@H](N)Cc1ccccc1)C(=O)N[C@H](CCCCN)C(=O)NC1(C(=O)O)CCN(C(=O)OCc2ccccc2)CC1. The predicted molar refractivity (Wildman–Crippen MR) is 222 cm³/mol. The molecule has 0 unspecified atom stereocenters. The largest absolute Gasteiger partial charge is 0.480 e. The molecule has 0 saturated carbocycles. The first-order valence-corrected chi connectivity index (χ1v) is 20.3. The molecule has 4 atom stereocenters. The van der Waals surface area contributed by atoms with Crippen molar-refractivity contribution in [2.75, 3.05) is 19.6 Å². The number of ether oxygens (including phenoxy) is 1. The predicted octanol–water partition coefficient (Wildman–Crippen LogP) is 2.80. The summed E-state index contributed by atoms with van der Waals surface area (Å²) in [6.45, 7) is 4.20. The number of benzene rings is 3. The first-order chi connectivity index (χ1) is 28.3. The number of carboxylic acids is 1. The molecule has 4 rings (SSSR count). The van der Waals surface area contributed by atoms with Crippen LogP contribution in [0.4, 0.5) is 4.79 Å². The average Bonchev–Trinajstić information content (AvgIpc) is 3.23. The molecule has 1 aliphatic rings. The number of likely N-dealkylation sites (tertiary alicyclic amines) is 1. The number of unbranched alkanes of at least 4 members (excludes halogenated alkanes) is 1. The van der Waals surface area contributed by atoms with Crippen LogP contribution in [-0.4, -0.2) is 95.0 Å². The lowest BCUT2D eigenvalue weighted by molar-refractivity contribution is -0.150. The highest BCUT2D eigenvalue weighted by molar-refractivity contribution is 5.96. The third-order valence-electron chi connectivity index (χ3n) is 10.3. The molecule has 1 fully saturated rings. The second-order valence-electron chi connectivity index (χ2n) is 15.5. The number of piperidine rings is 1. The van der Waals surface area contributed by atoms with E-state index in [0.29, 0.717) is 19.4 Å². The van der Waals surface area contributed by atoms with Crippen LogP contribution in [-0.2, 0) is 48.2 Å². The Morgan fingerprint density at radius 2 is 1.20 bits per heavy atom. The summed E-state index contributed by atoms with van der Waals surface area (Å²) in [5, 5.41) is 21.4. The summed E-state index contributed by atoms with van der Waals surface area (Å²) in [5.74, 6) is -3.85. The summed E-state index contributed by atoms with van der Waals surface area (Å²) in [6.07, 6.45) is 0.942. The number of carboxylic acid groups (broad SMARTS) is 1. The van der Waals surface area contributed by atoms with Crippen molar-refractivity contribution in [3.05, 3.63) is 108 Å². The summed E-state index contributed by atoms with van der Waals surface area (Å²) < 4.78 is 5.43. The molecule has 15 heteroatoms. The van der Waals surface area contributed by atoms with Crippen molar-refractivity contribution in [1.82, 2.24) is 26.2 Å². The van der Waals surface area contributed by atoms with Gasteiger partial charge in [0, 0.05) is 19.5 Å². The molecule has 0 radical (unpaired) electrons. The fourth-order valence-corrected chi connectivity index (χ4v) is 6.90. The molecule has 1 heterocycles. The van der Waals surface area contributed by atoms with Crippen molar-refractivity contribution in [2.24, 2.45) is 17.4 Å². The fraction of sp³-hybridized carbons (Fsp3) is 0.455. The van der Waals surface area contributed by atoms with Gasteiger partial charge in [-0.25, -0.2) is 9.59 Å². The van der Waals surface area contributed by atoms with Crippen LogP contribution in [0.25, 0.3) is 0 Å². The van der Waals surface area contributed by atoms with Crippen LogP contribution >= 0.6 is 0 Å². The van der Waals surface area contributed by atoms with Crippen molar-refractivity contribution in [3.63, 3.8) is 0 Å². The van der Waals surface area contributed by atoms with Crippen molar-refractivity contribution in [3.8, 4) is 0 Å². The molecule has 0 aliphatic carbocycles. The quantitative estimate of drug-likeness (QED) is 0.0777. The zero-order valence-corrected chi connectivity index (χ0v) is 33.9. The van der Waals surface area contributed by atoms with E-state index in [1.54, 1.807) is 0 Å². The zero-order valence-electron chi connectivity index (χ0n) is 33.9. The third-order valence-corrected chi connectivity index (χ3v) is 10.3. The molecule has 9 N–H and O–H groups in total. The van der Waals surface area contributed by atoms with Crippen molar-refractivity contribution >= 4 is 35.7 Å². The lowest BCUT2D eigenvalue weighted by Crippen LogP contribution is -2.64. The van der Waals surface area contributed by atoms with Crippen LogP contribution < -0.4 is 32.7 Å². The normalized spacial score (nSPS) is 15.5. The number of hydrogen-bond donors (Lipinski definition) is 7. The third kappa shape index (κ3) is 14.5. The fourth-order valence-electron chi connectivity index (χ4n) is 6.90. The van der Waals surface area contributed by atoms with E-state index in [0.717, 1.165) is 16.7 Å². The Bertz CT molecular complexity index is 1820. The molecule has 59 heavy (non-hydrogen) atoms. The van der Waals surface area contributed by atoms with Gasteiger partial charge in [-0.3, -0.25) is 19.2 Å². The highest BCUT2D eigenvalue weighted by atomic mass is 16.6. The minimum absolute atomic E-state index is 0.0186. The smallest absolute Gasteiger partial charge is 0.410 e. The topological polar surface area (TPSA) is 235 Å². The van der Waals surface area contributed by atoms with Gasteiger partial charge in [-0.15, -0.1) is 0 Å². The number of nitrogens with two attached hydrogens (primary N) is 2. The van der Waals surface area contributed by atoms with Gasteiger partial charge >= 0.3 is 12.1 Å². The molecule has 1 aliphatic heterocycles. The molecule has 3 aromatic rings. The first-order valence-electron chi connectivity index (χ1n) is 20.3. The lowest BCUT2D eigenvalue weighted by Gasteiger charge is -2.39. The number of hydrogen-bond acceptors (Lipinski definition) is 9. The van der Waals surface area contributed by atoms with Gasteiger partial charge in [0.15, 0.2) is 0 Å². The summed E-state index contributed by atoms with van der Waals surface area (Å²) in [7, 11) is 0.